The molecule has 0 atom stereocenters. The number of nitrogens with one attached hydrogen (secondary N) is 3. The first-order chi connectivity index (χ1) is 15.5. The Morgan fingerprint density at radius 2 is 1.94 bits per heavy atom. The topological polar surface area (TPSA) is 121 Å². The Bertz CT molecular complexity index is 1260. The van der Waals surface area contributed by atoms with Crippen molar-refractivity contribution in [3.63, 3.8) is 0 Å². The Labute approximate surface area is 193 Å². The number of nitrogens with zero attached hydrogens (tertiary/aromatic N) is 4. The van der Waals surface area contributed by atoms with Crippen LogP contribution in [-0.2, 0) is 0 Å². The van der Waals surface area contributed by atoms with Crippen LogP contribution in [0.15, 0.2) is 33.6 Å². The van der Waals surface area contributed by atoms with Crippen LogP contribution >= 0.6 is 0 Å². The van der Waals surface area contributed by atoms with Gasteiger partial charge in [-0.15, -0.1) is 0 Å². The molecule has 9 heteroatoms. The lowest BCUT2D eigenvalue weighted by atomic mass is 9.79. The fraction of sp³-hybridized carbons (Fsp3) is 0.500. The van der Waals surface area contributed by atoms with Crippen molar-refractivity contribution in [3.8, 4) is 6.07 Å². The van der Waals surface area contributed by atoms with Crippen molar-refractivity contribution >= 4 is 28.6 Å². The summed E-state index contributed by atoms with van der Waals surface area (Å²) in [4.78, 5) is 21.0. The van der Waals surface area contributed by atoms with Gasteiger partial charge in [0.1, 0.15) is 17.5 Å². The van der Waals surface area contributed by atoms with Gasteiger partial charge in [-0.2, -0.15) is 10.2 Å². The second-order valence-corrected chi connectivity index (χ2v) is 10.3. The molecule has 1 aromatic carbocycles. The van der Waals surface area contributed by atoms with Crippen molar-refractivity contribution < 1.29 is 4.42 Å². The van der Waals surface area contributed by atoms with Crippen LogP contribution in [0.1, 0.15) is 66.0 Å². The summed E-state index contributed by atoms with van der Waals surface area (Å²) < 4.78 is 7.02. The Morgan fingerprint density at radius 3 is 2.58 bits per heavy atom. The molecule has 2 aromatic heterocycles. The number of nitriles is 1. The molecule has 0 amide bonds. The third-order valence-corrected chi connectivity index (χ3v) is 5.83. The van der Waals surface area contributed by atoms with Crippen LogP contribution < -0.4 is 21.7 Å². The predicted molar refractivity (Wildman–Crippen MR) is 129 cm³/mol. The third kappa shape index (κ3) is 4.86. The lowest BCUT2D eigenvalue weighted by Crippen LogP contribution is -2.60. The van der Waals surface area contributed by atoms with E-state index in [0.29, 0.717) is 28.6 Å². The predicted octanol–water partition coefficient (Wildman–Crippen LogP) is 4.30. The molecule has 1 saturated heterocycles. The quantitative estimate of drug-likeness (QED) is 0.527. The molecule has 3 heterocycles. The highest BCUT2D eigenvalue weighted by Gasteiger charge is 2.38. The highest BCUT2D eigenvalue weighted by Crippen LogP contribution is 2.31. The van der Waals surface area contributed by atoms with Gasteiger partial charge in [0, 0.05) is 34.9 Å². The molecular weight excluding hydrogens is 418 g/mol. The molecule has 3 N–H and O–H groups in total. The summed E-state index contributed by atoms with van der Waals surface area (Å²) in [6.45, 7) is 12.6. The summed E-state index contributed by atoms with van der Waals surface area (Å²) in [5.41, 5.74) is 2.24. The normalized spacial score (nSPS) is 17.8. The SMILES string of the molecule is CC(C)n1c(=O)oc2cc(Nc3ncc(C#N)c(NC4CC(C)(C)NC(C)(C)C4)n3)ccc21. The van der Waals surface area contributed by atoms with Gasteiger partial charge in [-0.1, -0.05) is 0 Å². The Morgan fingerprint density at radius 1 is 1.24 bits per heavy atom. The summed E-state index contributed by atoms with van der Waals surface area (Å²) >= 11 is 0. The van der Waals surface area contributed by atoms with Gasteiger partial charge in [0.05, 0.1) is 11.7 Å². The van der Waals surface area contributed by atoms with E-state index in [-0.39, 0.29) is 28.9 Å². The fourth-order valence-electron chi connectivity index (χ4n) is 4.98. The van der Waals surface area contributed by atoms with Crippen LogP contribution in [0.2, 0.25) is 0 Å². The molecule has 0 unspecified atom stereocenters. The van der Waals surface area contributed by atoms with Crippen molar-refractivity contribution in [2.45, 2.75) is 77.5 Å². The Balaban J connectivity index is 1.59. The molecule has 1 fully saturated rings. The molecular formula is C24H31N7O2. The third-order valence-electron chi connectivity index (χ3n) is 5.83. The Hall–Kier alpha value is -3.38. The van der Waals surface area contributed by atoms with E-state index >= 15 is 0 Å². The molecule has 0 bridgehead atoms. The van der Waals surface area contributed by atoms with Crippen LogP contribution in [0.5, 0.6) is 0 Å². The monoisotopic (exact) mass is 449 g/mol. The van der Waals surface area contributed by atoms with E-state index in [4.69, 9.17) is 4.42 Å². The molecule has 3 aromatic rings. The van der Waals surface area contributed by atoms with E-state index in [1.807, 2.05) is 26.0 Å². The van der Waals surface area contributed by atoms with Crippen molar-refractivity contribution in [2.24, 2.45) is 0 Å². The van der Waals surface area contributed by atoms with Gasteiger partial charge in [0.15, 0.2) is 5.58 Å². The minimum Gasteiger partial charge on any atom is -0.408 e. The highest BCUT2D eigenvalue weighted by atomic mass is 16.4. The van der Waals surface area contributed by atoms with Crippen LogP contribution in [0.4, 0.5) is 17.5 Å². The van der Waals surface area contributed by atoms with Crippen LogP contribution in [0, 0.1) is 11.3 Å². The molecule has 0 spiro atoms. The van der Waals surface area contributed by atoms with E-state index in [2.05, 4.69) is 59.7 Å². The number of anilines is 3. The second-order valence-electron chi connectivity index (χ2n) is 10.3. The minimum atomic E-state index is -0.383. The maximum Gasteiger partial charge on any atom is 0.420 e. The summed E-state index contributed by atoms with van der Waals surface area (Å²) in [7, 11) is 0. The van der Waals surface area contributed by atoms with E-state index < -0.39 is 0 Å². The van der Waals surface area contributed by atoms with Gasteiger partial charge in [0.2, 0.25) is 5.95 Å². The number of oxazole rings is 1. The largest absolute Gasteiger partial charge is 0.420 e. The molecule has 9 nitrogen and oxygen atoms in total. The number of fused-ring (bicyclic) bond motifs is 1. The zero-order valence-corrected chi connectivity index (χ0v) is 20.0. The van der Waals surface area contributed by atoms with Crippen LogP contribution in [-0.4, -0.2) is 31.7 Å². The number of hydrogen-bond donors (Lipinski definition) is 3. The summed E-state index contributed by atoms with van der Waals surface area (Å²) in [6.07, 6.45) is 3.32. The molecule has 0 saturated carbocycles. The van der Waals surface area contributed by atoms with Gasteiger partial charge in [-0.25, -0.2) is 9.78 Å². The van der Waals surface area contributed by atoms with Gasteiger partial charge in [-0.3, -0.25) is 4.57 Å². The van der Waals surface area contributed by atoms with Crippen molar-refractivity contribution in [1.29, 1.82) is 5.26 Å². The molecule has 1 aliphatic heterocycles. The number of piperidine rings is 1. The van der Waals surface area contributed by atoms with Crippen molar-refractivity contribution in [1.82, 2.24) is 19.9 Å². The molecule has 174 valence electrons. The summed E-state index contributed by atoms with van der Waals surface area (Å²) in [5, 5.41) is 19.9. The molecule has 33 heavy (non-hydrogen) atoms. The van der Waals surface area contributed by atoms with Gasteiger partial charge >= 0.3 is 5.76 Å². The van der Waals surface area contributed by atoms with E-state index in [1.54, 1.807) is 10.6 Å². The zero-order chi connectivity index (χ0) is 24.0. The van der Waals surface area contributed by atoms with Crippen LogP contribution in [0.25, 0.3) is 11.1 Å². The van der Waals surface area contributed by atoms with E-state index in [9.17, 15) is 10.1 Å². The van der Waals surface area contributed by atoms with Crippen molar-refractivity contribution in [2.75, 3.05) is 10.6 Å². The highest BCUT2D eigenvalue weighted by molar-refractivity contribution is 5.78. The smallest absolute Gasteiger partial charge is 0.408 e. The first-order valence-electron chi connectivity index (χ1n) is 11.2. The van der Waals surface area contributed by atoms with Gasteiger partial charge < -0.3 is 20.4 Å². The maximum atomic E-state index is 12.2. The second kappa shape index (κ2) is 8.19. The molecule has 0 aliphatic carbocycles. The van der Waals surface area contributed by atoms with E-state index in [0.717, 1.165) is 18.4 Å². The maximum absolute atomic E-state index is 12.2. The molecule has 0 radical (unpaired) electrons. The number of rotatable bonds is 5. The molecule has 1 aliphatic rings. The van der Waals surface area contributed by atoms with Gasteiger partial charge in [-0.05, 0) is 66.5 Å². The van der Waals surface area contributed by atoms with Gasteiger partial charge in [0.25, 0.3) is 0 Å². The average Bonchev–Trinajstić information content (AvgIpc) is 3.01. The van der Waals surface area contributed by atoms with Crippen molar-refractivity contribution in [3.05, 3.63) is 40.5 Å². The zero-order valence-electron chi connectivity index (χ0n) is 20.0. The first-order valence-corrected chi connectivity index (χ1v) is 11.2. The number of benzene rings is 1. The number of aromatic nitrogens is 3. The van der Waals surface area contributed by atoms with Crippen LogP contribution in [0.3, 0.4) is 0 Å². The summed E-state index contributed by atoms with van der Waals surface area (Å²) in [6, 6.07) is 7.78. The fourth-order valence-corrected chi connectivity index (χ4v) is 4.98. The lowest BCUT2D eigenvalue weighted by molar-refractivity contribution is 0.170. The number of hydrogen-bond acceptors (Lipinski definition) is 8. The minimum absolute atomic E-state index is 0.00186. The standard InChI is InChI=1S/C24H31N7O2/c1-14(2)31-18-8-7-16(9-19(18)33-22(31)32)28-21-26-13-15(12-25)20(29-21)27-17-10-23(3,4)30-24(5,6)11-17/h7-9,13-14,17,30H,10-11H2,1-6H3,(H2,26,27,28,29). The molecule has 4 rings (SSSR count). The van der Waals surface area contributed by atoms with E-state index in [1.165, 1.54) is 6.20 Å². The summed E-state index contributed by atoms with van der Waals surface area (Å²) in [5.74, 6) is 0.479. The Kier molecular flexibility index (Phi) is 5.66. The first kappa shape index (κ1) is 22.8. The lowest BCUT2D eigenvalue weighted by Gasteiger charge is -2.46. The average molecular weight is 450 g/mol.